The molecule has 0 saturated carbocycles. The van der Waals surface area contributed by atoms with Crippen LogP contribution in [0.2, 0.25) is 0 Å². The van der Waals surface area contributed by atoms with E-state index in [0.717, 1.165) is 0 Å². The van der Waals surface area contributed by atoms with Crippen LogP contribution in [0.3, 0.4) is 0 Å². The quantitative estimate of drug-likeness (QED) is 0.578. The van der Waals surface area contributed by atoms with E-state index in [4.69, 9.17) is 10.2 Å². The van der Waals surface area contributed by atoms with Gasteiger partial charge in [-0.15, -0.1) is 5.10 Å². The number of nitrogens with two attached hydrogens (primary N) is 1. The normalized spacial score (nSPS) is 10.7. The van der Waals surface area contributed by atoms with Gasteiger partial charge in [0.05, 0.1) is 16.9 Å². The Balaban J connectivity index is 2.17. The number of aromatic nitrogens is 3. The molecule has 0 aliphatic rings. The zero-order chi connectivity index (χ0) is 14.8. The second-order valence-corrected chi connectivity index (χ2v) is 4.25. The number of hydrogen-bond acceptors (Lipinski definition) is 6. The van der Waals surface area contributed by atoms with Gasteiger partial charge in [-0.1, -0.05) is 11.3 Å². The van der Waals surface area contributed by atoms with Gasteiger partial charge in [-0.25, -0.2) is 4.68 Å². The Morgan fingerprint density at radius 1 is 1.33 bits per heavy atom. The lowest BCUT2D eigenvalue weighted by Crippen LogP contribution is -2.02. The van der Waals surface area contributed by atoms with Gasteiger partial charge in [0.15, 0.2) is 5.76 Å². The Labute approximate surface area is 118 Å². The molecule has 0 aliphatic carbocycles. The summed E-state index contributed by atoms with van der Waals surface area (Å²) in [6.07, 6.45) is 1.53. The van der Waals surface area contributed by atoms with Crippen LogP contribution in [0.5, 0.6) is 0 Å². The van der Waals surface area contributed by atoms with Crippen LogP contribution in [0.25, 0.3) is 17.1 Å². The van der Waals surface area contributed by atoms with Crippen molar-refractivity contribution in [2.45, 2.75) is 6.54 Å². The topological polar surface area (TPSA) is 113 Å². The lowest BCUT2D eigenvalue weighted by atomic mass is 10.2. The summed E-state index contributed by atoms with van der Waals surface area (Å²) in [5, 5.41) is 18.9. The van der Waals surface area contributed by atoms with Gasteiger partial charge in [0, 0.05) is 18.7 Å². The van der Waals surface area contributed by atoms with E-state index in [0.29, 0.717) is 22.8 Å². The second kappa shape index (κ2) is 5.17. The van der Waals surface area contributed by atoms with Gasteiger partial charge in [-0.3, -0.25) is 10.1 Å². The molecule has 8 heteroatoms. The standard InChI is InChI=1S/C13H11N5O3/c14-8-11-13(12-5-2-6-21-12)17(16-15-11)9-3-1-4-10(7-9)18(19)20/h1-7H,8,14H2. The van der Waals surface area contributed by atoms with Crippen LogP contribution in [0.4, 0.5) is 5.69 Å². The second-order valence-electron chi connectivity index (χ2n) is 4.25. The number of nitro groups is 1. The van der Waals surface area contributed by atoms with Crippen molar-refractivity contribution in [3.8, 4) is 17.1 Å². The van der Waals surface area contributed by atoms with E-state index in [-0.39, 0.29) is 12.2 Å². The fourth-order valence-electron chi connectivity index (χ4n) is 2.03. The van der Waals surface area contributed by atoms with Crippen LogP contribution in [0.1, 0.15) is 5.69 Å². The van der Waals surface area contributed by atoms with Crippen LogP contribution in [0.15, 0.2) is 47.1 Å². The van der Waals surface area contributed by atoms with E-state index in [2.05, 4.69) is 10.3 Å². The van der Waals surface area contributed by atoms with Crippen molar-refractivity contribution < 1.29 is 9.34 Å². The largest absolute Gasteiger partial charge is 0.463 e. The van der Waals surface area contributed by atoms with E-state index in [1.807, 2.05) is 0 Å². The molecule has 0 aliphatic heterocycles. The Morgan fingerprint density at radius 3 is 2.86 bits per heavy atom. The maximum Gasteiger partial charge on any atom is 0.271 e. The van der Waals surface area contributed by atoms with Gasteiger partial charge >= 0.3 is 0 Å². The zero-order valence-corrected chi connectivity index (χ0v) is 10.8. The van der Waals surface area contributed by atoms with E-state index in [9.17, 15) is 10.1 Å². The van der Waals surface area contributed by atoms with Crippen molar-refractivity contribution >= 4 is 5.69 Å². The van der Waals surface area contributed by atoms with Crippen molar-refractivity contribution in [1.82, 2.24) is 15.0 Å². The molecule has 0 bridgehead atoms. The molecule has 8 nitrogen and oxygen atoms in total. The number of furan rings is 1. The van der Waals surface area contributed by atoms with Crippen LogP contribution in [-0.4, -0.2) is 19.9 Å². The highest BCUT2D eigenvalue weighted by atomic mass is 16.6. The summed E-state index contributed by atoms with van der Waals surface area (Å²) in [7, 11) is 0. The van der Waals surface area contributed by atoms with Crippen molar-refractivity contribution in [3.63, 3.8) is 0 Å². The molecule has 2 aromatic heterocycles. The Kier molecular flexibility index (Phi) is 3.20. The van der Waals surface area contributed by atoms with E-state index < -0.39 is 4.92 Å². The van der Waals surface area contributed by atoms with Crippen molar-refractivity contribution in [1.29, 1.82) is 0 Å². The number of nitro benzene ring substituents is 1. The molecular formula is C13H11N5O3. The third-order valence-electron chi connectivity index (χ3n) is 2.97. The average Bonchev–Trinajstić information content (AvgIpc) is 3.15. The molecule has 3 aromatic rings. The molecule has 106 valence electrons. The predicted octanol–water partition coefficient (Wildman–Crippen LogP) is 1.89. The fraction of sp³-hybridized carbons (Fsp3) is 0.0769. The summed E-state index contributed by atoms with van der Waals surface area (Å²) in [6, 6.07) is 9.61. The molecule has 1 aromatic carbocycles. The molecule has 0 saturated heterocycles. The van der Waals surface area contributed by atoms with Crippen LogP contribution >= 0.6 is 0 Å². The van der Waals surface area contributed by atoms with Gasteiger partial charge in [0.25, 0.3) is 5.69 Å². The van der Waals surface area contributed by atoms with E-state index in [1.165, 1.54) is 23.1 Å². The molecule has 0 fully saturated rings. The van der Waals surface area contributed by atoms with E-state index >= 15 is 0 Å². The third kappa shape index (κ3) is 2.28. The van der Waals surface area contributed by atoms with E-state index in [1.54, 1.807) is 24.3 Å². The number of benzene rings is 1. The highest BCUT2D eigenvalue weighted by Gasteiger charge is 2.18. The molecule has 21 heavy (non-hydrogen) atoms. The van der Waals surface area contributed by atoms with Gasteiger partial charge in [0.1, 0.15) is 11.4 Å². The fourth-order valence-corrected chi connectivity index (χ4v) is 2.03. The summed E-state index contributed by atoms with van der Waals surface area (Å²) in [5.74, 6) is 0.548. The van der Waals surface area contributed by atoms with Crippen molar-refractivity contribution in [2.24, 2.45) is 5.73 Å². The Bertz CT molecular complexity index is 779. The first-order valence-corrected chi connectivity index (χ1v) is 6.14. The van der Waals surface area contributed by atoms with Gasteiger partial charge in [-0.05, 0) is 18.2 Å². The maximum absolute atomic E-state index is 10.9. The zero-order valence-electron chi connectivity index (χ0n) is 10.8. The summed E-state index contributed by atoms with van der Waals surface area (Å²) in [5.41, 5.74) is 7.29. The van der Waals surface area contributed by atoms with Gasteiger partial charge in [0.2, 0.25) is 0 Å². The van der Waals surface area contributed by atoms with Crippen LogP contribution < -0.4 is 5.73 Å². The minimum absolute atomic E-state index is 0.0253. The predicted molar refractivity (Wildman–Crippen MR) is 73.6 cm³/mol. The molecule has 0 unspecified atom stereocenters. The monoisotopic (exact) mass is 285 g/mol. The highest BCUT2D eigenvalue weighted by Crippen LogP contribution is 2.26. The van der Waals surface area contributed by atoms with Crippen molar-refractivity contribution in [3.05, 3.63) is 58.5 Å². The molecule has 2 heterocycles. The molecule has 0 amide bonds. The SMILES string of the molecule is NCc1nnn(-c2cccc([N+](=O)[O-])c2)c1-c1ccco1. The minimum Gasteiger partial charge on any atom is -0.463 e. The lowest BCUT2D eigenvalue weighted by Gasteiger charge is -2.05. The molecule has 0 radical (unpaired) electrons. The van der Waals surface area contributed by atoms with Gasteiger partial charge < -0.3 is 10.2 Å². The molecule has 0 spiro atoms. The van der Waals surface area contributed by atoms with Crippen LogP contribution in [-0.2, 0) is 6.54 Å². The maximum atomic E-state index is 10.9. The van der Waals surface area contributed by atoms with Gasteiger partial charge in [-0.2, -0.15) is 0 Å². The Morgan fingerprint density at radius 2 is 2.19 bits per heavy atom. The third-order valence-corrected chi connectivity index (χ3v) is 2.97. The summed E-state index contributed by atoms with van der Waals surface area (Å²) < 4.78 is 6.85. The van der Waals surface area contributed by atoms with Crippen molar-refractivity contribution in [2.75, 3.05) is 0 Å². The molecule has 0 atom stereocenters. The summed E-state index contributed by atoms with van der Waals surface area (Å²) in [4.78, 5) is 10.4. The summed E-state index contributed by atoms with van der Waals surface area (Å²) in [6.45, 7) is 0.185. The first-order valence-electron chi connectivity index (χ1n) is 6.14. The molecule has 3 rings (SSSR count). The molecule has 2 N–H and O–H groups in total. The number of non-ortho nitro benzene ring substituents is 1. The molecular weight excluding hydrogens is 274 g/mol. The number of hydrogen-bond donors (Lipinski definition) is 1. The number of nitrogens with zero attached hydrogens (tertiary/aromatic N) is 4. The number of rotatable bonds is 4. The lowest BCUT2D eigenvalue weighted by molar-refractivity contribution is -0.384. The minimum atomic E-state index is -0.461. The average molecular weight is 285 g/mol. The Hall–Kier alpha value is -3.00. The first kappa shape index (κ1) is 13.0. The first-order chi connectivity index (χ1) is 10.2. The summed E-state index contributed by atoms with van der Waals surface area (Å²) >= 11 is 0. The highest BCUT2D eigenvalue weighted by molar-refractivity contribution is 5.59. The smallest absolute Gasteiger partial charge is 0.271 e. The van der Waals surface area contributed by atoms with Crippen LogP contribution in [0, 0.1) is 10.1 Å².